The third-order valence-corrected chi connectivity index (χ3v) is 3.76. The zero-order chi connectivity index (χ0) is 15.9. The van der Waals surface area contributed by atoms with Crippen LogP contribution in [-0.4, -0.2) is 51.2 Å². The zero-order valence-corrected chi connectivity index (χ0v) is 16.8. The summed E-state index contributed by atoms with van der Waals surface area (Å²) in [6.45, 7) is 5.86. The van der Waals surface area contributed by atoms with Crippen molar-refractivity contribution in [3.05, 3.63) is 29.8 Å². The molecule has 0 heterocycles. The second-order valence-corrected chi connectivity index (χ2v) is 5.80. The molecule has 5 nitrogen and oxygen atoms in total. The van der Waals surface area contributed by atoms with Crippen molar-refractivity contribution in [1.29, 1.82) is 0 Å². The smallest absolute Gasteiger partial charge is 0.191 e. The molecule has 1 rings (SSSR count). The minimum absolute atomic E-state index is 0. The molecule has 0 aliphatic rings. The lowest BCUT2D eigenvalue weighted by Crippen LogP contribution is -2.50. The Kier molecular flexibility index (Phi) is 9.43. The standard InChI is InChI=1S/C16H28N4O.HI/c1-16(2,20(4)5)12-19-15(17-3)18-11-13-9-7-8-10-14(13)21-6;/h7-10H,11-12H2,1-6H3,(H2,17,18,19);1H. The Labute approximate surface area is 151 Å². The molecule has 1 aromatic rings. The average molecular weight is 420 g/mol. The van der Waals surface area contributed by atoms with Crippen LogP contribution in [-0.2, 0) is 6.54 Å². The number of benzene rings is 1. The number of aliphatic imine (C=N–C) groups is 1. The summed E-state index contributed by atoms with van der Waals surface area (Å²) in [6, 6.07) is 7.98. The summed E-state index contributed by atoms with van der Waals surface area (Å²) in [6.07, 6.45) is 0. The van der Waals surface area contributed by atoms with Gasteiger partial charge in [-0.15, -0.1) is 24.0 Å². The molecule has 1 aromatic carbocycles. The molecule has 6 heteroatoms. The van der Waals surface area contributed by atoms with Gasteiger partial charge in [-0.25, -0.2) is 0 Å². The van der Waals surface area contributed by atoms with Gasteiger partial charge in [-0.2, -0.15) is 0 Å². The summed E-state index contributed by atoms with van der Waals surface area (Å²) >= 11 is 0. The predicted octanol–water partition coefficient (Wildman–Crippen LogP) is 2.32. The number of nitrogens with zero attached hydrogens (tertiary/aromatic N) is 2. The van der Waals surface area contributed by atoms with Crippen LogP contribution >= 0.6 is 24.0 Å². The van der Waals surface area contributed by atoms with E-state index in [2.05, 4.69) is 48.5 Å². The molecule has 0 aliphatic heterocycles. The molecule has 0 saturated carbocycles. The average Bonchev–Trinajstić information content (AvgIpc) is 2.47. The Bertz CT molecular complexity index is 475. The van der Waals surface area contributed by atoms with E-state index in [1.54, 1.807) is 14.2 Å². The van der Waals surface area contributed by atoms with E-state index in [1.807, 2.05) is 24.3 Å². The first-order valence-electron chi connectivity index (χ1n) is 7.14. The highest BCUT2D eigenvalue weighted by molar-refractivity contribution is 14.0. The van der Waals surface area contributed by atoms with Gasteiger partial charge in [0.15, 0.2) is 5.96 Å². The fraction of sp³-hybridized carbons (Fsp3) is 0.562. The molecule has 0 amide bonds. The molecule has 0 spiro atoms. The van der Waals surface area contributed by atoms with Gasteiger partial charge < -0.3 is 20.3 Å². The molecular formula is C16H29IN4O. The Hall–Kier alpha value is -1.02. The van der Waals surface area contributed by atoms with Gasteiger partial charge >= 0.3 is 0 Å². The summed E-state index contributed by atoms with van der Waals surface area (Å²) in [5.74, 6) is 1.67. The number of hydrogen-bond acceptors (Lipinski definition) is 3. The lowest BCUT2D eigenvalue weighted by Gasteiger charge is -2.33. The van der Waals surface area contributed by atoms with Gasteiger partial charge in [0.1, 0.15) is 5.75 Å². The number of hydrogen-bond donors (Lipinski definition) is 2. The van der Waals surface area contributed by atoms with Crippen LogP contribution in [0.25, 0.3) is 0 Å². The molecule has 126 valence electrons. The largest absolute Gasteiger partial charge is 0.496 e. The van der Waals surface area contributed by atoms with Crippen LogP contribution < -0.4 is 15.4 Å². The van der Waals surface area contributed by atoms with E-state index in [4.69, 9.17) is 4.74 Å². The Morgan fingerprint density at radius 3 is 2.41 bits per heavy atom. The van der Waals surface area contributed by atoms with Crippen molar-refractivity contribution in [2.75, 3.05) is 34.8 Å². The number of rotatable bonds is 6. The first-order valence-corrected chi connectivity index (χ1v) is 7.14. The molecule has 0 unspecified atom stereocenters. The van der Waals surface area contributed by atoms with Gasteiger partial charge in [0.05, 0.1) is 7.11 Å². The van der Waals surface area contributed by atoms with Gasteiger partial charge in [0.25, 0.3) is 0 Å². The Balaban J connectivity index is 0.00000441. The monoisotopic (exact) mass is 420 g/mol. The molecule has 0 atom stereocenters. The van der Waals surface area contributed by atoms with Gasteiger partial charge in [-0.3, -0.25) is 4.99 Å². The zero-order valence-electron chi connectivity index (χ0n) is 14.4. The van der Waals surface area contributed by atoms with Crippen LogP contribution in [0.3, 0.4) is 0 Å². The van der Waals surface area contributed by atoms with E-state index in [0.717, 1.165) is 23.8 Å². The predicted molar refractivity (Wildman–Crippen MR) is 104 cm³/mol. The highest BCUT2D eigenvalue weighted by Gasteiger charge is 2.20. The van der Waals surface area contributed by atoms with Gasteiger partial charge in [-0.05, 0) is 34.0 Å². The Morgan fingerprint density at radius 1 is 1.23 bits per heavy atom. The Morgan fingerprint density at radius 2 is 1.86 bits per heavy atom. The lowest BCUT2D eigenvalue weighted by atomic mass is 10.0. The fourth-order valence-corrected chi connectivity index (χ4v) is 1.71. The summed E-state index contributed by atoms with van der Waals surface area (Å²) in [7, 11) is 7.62. The second kappa shape index (κ2) is 9.89. The van der Waals surface area contributed by atoms with Crippen LogP contribution in [0.4, 0.5) is 0 Å². The van der Waals surface area contributed by atoms with Crippen molar-refractivity contribution in [3.63, 3.8) is 0 Å². The summed E-state index contributed by atoms with van der Waals surface area (Å²) in [5.41, 5.74) is 1.16. The van der Waals surface area contributed by atoms with E-state index >= 15 is 0 Å². The van der Waals surface area contributed by atoms with Crippen molar-refractivity contribution in [2.45, 2.75) is 25.9 Å². The van der Waals surface area contributed by atoms with Crippen molar-refractivity contribution >= 4 is 29.9 Å². The summed E-state index contributed by atoms with van der Waals surface area (Å²) in [4.78, 5) is 6.44. The number of methoxy groups -OCH3 is 1. The SMILES string of the molecule is CN=C(NCc1ccccc1OC)NCC(C)(C)N(C)C.I. The molecule has 0 aliphatic carbocycles. The molecule has 0 bridgehead atoms. The minimum atomic E-state index is 0. The number of ether oxygens (including phenoxy) is 1. The molecule has 0 fully saturated rings. The third kappa shape index (κ3) is 6.39. The summed E-state index contributed by atoms with van der Waals surface area (Å²) in [5, 5.41) is 6.67. The highest BCUT2D eigenvalue weighted by Crippen LogP contribution is 2.16. The van der Waals surface area contributed by atoms with E-state index < -0.39 is 0 Å². The molecule has 0 radical (unpaired) electrons. The maximum absolute atomic E-state index is 5.35. The van der Waals surface area contributed by atoms with Crippen molar-refractivity contribution in [3.8, 4) is 5.75 Å². The quantitative estimate of drug-likeness (QED) is 0.422. The van der Waals surface area contributed by atoms with E-state index in [1.165, 1.54) is 0 Å². The maximum Gasteiger partial charge on any atom is 0.191 e. The van der Waals surface area contributed by atoms with Gasteiger partial charge in [-0.1, -0.05) is 18.2 Å². The van der Waals surface area contributed by atoms with Crippen LogP contribution in [0.2, 0.25) is 0 Å². The molecule has 0 aromatic heterocycles. The first kappa shape index (κ1) is 21.0. The molecule has 22 heavy (non-hydrogen) atoms. The lowest BCUT2D eigenvalue weighted by molar-refractivity contribution is 0.197. The molecule has 2 N–H and O–H groups in total. The fourth-order valence-electron chi connectivity index (χ4n) is 1.71. The van der Waals surface area contributed by atoms with Crippen LogP contribution in [0.1, 0.15) is 19.4 Å². The second-order valence-electron chi connectivity index (χ2n) is 5.80. The van der Waals surface area contributed by atoms with Gasteiger partial charge in [0.2, 0.25) is 0 Å². The number of guanidine groups is 1. The first-order chi connectivity index (χ1) is 9.90. The maximum atomic E-state index is 5.35. The number of nitrogens with one attached hydrogen (secondary N) is 2. The number of likely N-dealkylation sites (N-methyl/N-ethyl adjacent to an activating group) is 1. The minimum Gasteiger partial charge on any atom is -0.496 e. The number of halogens is 1. The van der Waals surface area contributed by atoms with E-state index in [0.29, 0.717) is 6.54 Å². The van der Waals surface area contributed by atoms with Gasteiger partial charge in [0, 0.05) is 31.2 Å². The number of para-hydroxylation sites is 1. The van der Waals surface area contributed by atoms with E-state index in [-0.39, 0.29) is 29.5 Å². The topological polar surface area (TPSA) is 48.9 Å². The normalized spacial score (nSPS) is 11.9. The van der Waals surface area contributed by atoms with Crippen molar-refractivity contribution in [2.24, 2.45) is 4.99 Å². The van der Waals surface area contributed by atoms with Crippen molar-refractivity contribution in [1.82, 2.24) is 15.5 Å². The third-order valence-electron chi connectivity index (χ3n) is 3.76. The van der Waals surface area contributed by atoms with Crippen LogP contribution in [0.5, 0.6) is 5.75 Å². The molecule has 0 saturated heterocycles. The van der Waals surface area contributed by atoms with Crippen LogP contribution in [0, 0.1) is 0 Å². The van der Waals surface area contributed by atoms with E-state index in [9.17, 15) is 0 Å². The summed E-state index contributed by atoms with van der Waals surface area (Å²) < 4.78 is 5.35. The van der Waals surface area contributed by atoms with Crippen LogP contribution in [0.15, 0.2) is 29.3 Å². The molecular weight excluding hydrogens is 391 g/mol. The van der Waals surface area contributed by atoms with Crippen molar-refractivity contribution < 1.29 is 4.74 Å². The highest BCUT2D eigenvalue weighted by atomic mass is 127.